The normalized spacial score (nSPS) is 17.5. The van der Waals surface area contributed by atoms with Crippen LogP contribution in [0.15, 0.2) is 54.6 Å². The van der Waals surface area contributed by atoms with Crippen molar-refractivity contribution in [3.63, 3.8) is 0 Å². The number of fused-ring (bicyclic) bond motifs is 1. The summed E-state index contributed by atoms with van der Waals surface area (Å²) in [6, 6.07) is 8.71. The van der Waals surface area contributed by atoms with E-state index in [9.17, 15) is 0 Å². The van der Waals surface area contributed by atoms with Crippen molar-refractivity contribution >= 4 is 5.57 Å². The van der Waals surface area contributed by atoms with E-state index < -0.39 is 0 Å². The van der Waals surface area contributed by atoms with E-state index >= 15 is 0 Å². The smallest absolute Gasteiger partial charge is 0.00671 e. The molecule has 0 saturated heterocycles. The molecule has 1 aliphatic carbocycles. The van der Waals surface area contributed by atoms with Gasteiger partial charge in [-0.05, 0) is 43.4 Å². The lowest BCUT2D eigenvalue weighted by molar-refractivity contribution is 0.840. The summed E-state index contributed by atoms with van der Waals surface area (Å²) in [7, 11) is 0. The minimum absolute atomic E-state index is 0.512. The van der Waals surface area contributed by atoms with Gasteiger partial charge in [0.25, 0.3) is 0 Å². The molecule has 0 spiro atoms. The average Bonchev–Trinajstić information content (AvgIpc) is 2.56. The van der Waals surface area contributed by atoms with E-state index in [2.05, 4.69) is 57.3 Å². The lowest BCUT2D eigenvalue weighted by atomic mass is 9.94. The van der Waals surface area contributed by atoms with E-state index in [1.165, 1.54) is 27.8 Å². The SMILES string of the molecule is C=C(C)CC1=CC(CC(=C)C)c2ccccc21. The van der Waals surface area contributed by atoms with Gasteiger partial charge in [0.1, 0.15) is 0 Å². The Morgan fingerprint density at radius 3 is 2.47 bits per heavy atom. The van der Waals surface area contributed by atoms with E-state index in [1.807, 2.05) is 0 Å². The molecule has 0 heteroatoms. The fourth-order valence-electron chi connectivity index (χ4n) is 2.56. The van der Waals surface area contributed by atoms with Gasteiger partial charge in [-0.1, -0.05) is 48.1 Å². The van der Waals surface area contributed by atoms with Gasteiger partial charge in [-0.15, -0.1) is 6.58 Å². The third-order valence-corrected chi connectivity index (χ3v) is 3.17. The van der Waals surface area contributed by atoms with Gasteiger partial charge in [0.2, 0.25) is 0 Å². The second kappa shape index (κ2) is 4.75. The van der Waals surface area contributed by atoms with Gasteiger partial charge in [0.05, 0.1) is 0 Å². The molecule has 0 aliphatic heterocycles. The van der Waals surface area contributed by atoms with E-state index in [4.69, 9.17) is 0 Å². The highest BCUT2D eigenvalue weighted by Crippen LogP contribution is 2.41. The van der Waals surface area contributed by atoms with Crippen LogP contribution < -0.4 is 0 Å². The molecular weight excluding hydrogens is 204 g/mol. The first-order valence-corrected chi connectivity index (χ1v) is 6.16. The average molecular weight is 224 g/mol. The highest BCUT2D eigenvalue weighted by Gasteiger charge is 2.22. The van der Waals surface area contributed by atoms with Gasteiger partial charge in [0, 0.05) is 5.92 Å². The Kier molecular flexibility index (Phi) is 3.33. The number of hydrogen-bond acceptors (Lipinski definition) is 0. The van der Waals surface area contributed by atoms with Crippen LogP contribution in [0, 0.1) is 0 Å². The van der Waals surface area contributed by atoms with Crippen molar-refractivity contribution in [1.82, 2.24) is 0 Å². The molecule has 0 bridgehead atoms. The molecule has 1 aliphatic rings. The van der Waals surface area contributed by atoms with Gasteiger partial charge >= 0.3 is 0 Å². The van der Waals surface area contributed by atoms with Crippen LogP contribution in [-0.4, -0.2) is 0 Å². The summed E-state index contributed by atoms with van der Waals surface area (Å²) in [5.41, 5.74) is 6.76. The molecule has 88 valence electrons. The Balaban J connectivity index is 2.34. The predicted molar refractivity (Wildman–Crippen MR) is 76.0 cm³/mol. The highest BCUT2D eigenvalue weighted by atomic mass is 14.3. The zero-order valence-corrected chi connectivity index (χ0v) is 10.8. The summed E-state index contributed by atoms with van der Waals surface area (Å²) in [6.45, 7) is 12.2. The van der Waals surface area contributed by atoms with Crippen LogP contribution in [-0.2, 0) is 0 Å². The van der Waals surface area contributed by atoms with E-state index in [1.54, 1.807) is 0 Å². The molecular formula is C17H20. The third kappa shape index (κ3) is 2.58. The highest BCUT2D eigenvalue weighted by molar-refractivity contribution is 5.76. The first-order valence-electron chi connectivity index (χ1n) is 6.16. The topological polar surface area (TPSA) is 0 Å². The Morgan fingerprint density at radius 2 is 1.82 bits per heavy atom. The molecule has 0 fully saturated rings. The van der Waals surface area contributed by atoms with E-state index in [0.717, 1.165) is 12.8 Å². The lowest BCUT2D eigenvalue weighted by Gasteiger charge is -2.10. The van der Waals surface area contributed by atoms with E-state index in [-0.39, 0.29) is 0 Å². The van der Waals surface area contributed by atoms with Crippen molar-refractivity contribution in [1.29, 1.82) is 0 Å². The fourth-order valence-corrected chi connectivity index (χ4v) is 2.56. The van der Waals surface area contributed by atoms with Gasteiger partial charge < -0.3 is 0 Å². The second-order valence-corrected chi connectivity index (χ2v) is 5.18. The molecule has 0 radical (unpaired) electrons. The summed E-state index contributed by atoms with van der Waals surface area (Å²) < 4.78 is 0. The van der Waals surface area contributed by atoms with Crippen molar-refractivity contribution in [3.05, 3.63) is 65.8 Å². The third-order valence-electron chi connectivity index (χ3n) is 3.17. The fraction of sp³-hybridized carbons (Fsp3) is 0.294. The Bertz CT molecular complexity index is 489. The molecule has 0 N–H and O–H groups in total. The Labute approximate surface area is 104 Å². The summed E-state index contributed by atoms with van der Waals surface area (Å²) in [6.07, 6.45) is 4.44. The largest absolute Gasteiger partial charge is 0.100 e. The van der Waals surface area contributed by atoms with Crippen molar-refractivity contribution in [2.45, 2.75) is 32.6 Å². The maximum atomic E-state index is 4.03. The standard InChI is InChI=1S/C17H20/c1-12(2)9-14-11-15(10-13(3)4)17-8-6-5-7-16(14)17/h5-8,11,14H,1,3,9-10H2,2,4H3. The van der Waals surface area contributed by atoms with Gasteiger partial charge in [-0.2, -0.15) is 0 Å². The van der Waals surface area contributed by atoms with Crippen LogP contribution in [0.5, 0.6) is 0 Å². The maximum Gasteiger partial charge on any atom is 0.00671 e. The van der Waals surface area contributed by atoms with E-state index in [0.29, 0.717) is 5.92 Å². The van der Waals surface area contributed by atoms with Crippen molar-refractivity contribution in [2.75, 3.05) is 0 Å². The lowest BCUT2D eigenvalue weighted by Crippen LogP contribution is -1.93. The molecule has 2 rings (SSSR count). The summed E-state index contributed by atoms with van der Waals surface area (Å²) in [5.74, 6) is 0.512. The molecule has 0 nitrogen and oxygen atoms in total. The minimum atomic E-state index is 0.512. The van der Waals surface area contributed by atoms with Crippen LogP contribution in [0.3, 0.4) is 0 Å². The second-order valence-electron chi connectivity index (χ2n) is 5.18. The summed E-state index contributed by atoms with van der Waals surface area (Å²) in [4.78, 5) is 0. The molecule has 0 heterocycles. The van der Waals surface area contributed by atoms with Crippen molar-refractivity contribution in [3.8, 4) is 0 Å². The maximum absolute atomic E-state index is 4.03. The number of benzene rings is 1. The molecule has 1 aromatic rings. The molecule has 1 aromatic carbocycles. The summed E-state index contributed by atoms with van der Waals surface area (Å²) in [5, 5.41) is 0. The number of rotatable bonds is 4. The molecule has 17 heavy (non-hydrogen) atoms. The van der Waals surface area contributed by atoms with Crippen molar-refractivity contribution in [2.24, 2.45) is 0 Å². The Hall–Kier alpha value is -1.56. The molecule has 0 amide bonds. The molecule has 0 aromatic heterocycles. The monoisotopic (exact) mass is 224 g/mol. The Morgan fingerprint density at radius 1 is 1.12 bits per heavy atom. The zero-order chi connectivity index (χ0) is 12.4. The minimum Gasteiger partial charge on any atom is -0.100 e. The predicted octanol–water partition coefficient (Wildman–Crippen LogP) is 5.10. The first kappa shape index (κ1) is 11.9. The number of allylic oxidation sites excluding steroid dienone is 4. The van der Waals surface area contributed by atoms with Crippen LogP contribution in [0.1, 0.15) is 43.7 Å². The first-order chi connectivity index (χ1) is 8.08. The van der Waals surface area contributed by atoms with Gasteiger partial charge in [-0.25, -0.2) is 0 Å². The van der Waals surface area contributed by atoms with Gasteiger partial charge in [-0.3, -0.25) is 0 Å². The van der Waals surface area contributed by atoms with Crippen LogP contribution >= 0.6 is 0 Å². The van der Waals surface area contributed by atoms with Crippen molar-refractivity contribution < 1.29 is 0 Å². The quantitative estimate of drug-likeness (QED) is 0.624. The number of hydrogen-bond donors (Lipinski definition) is 0. The van der Waals surface area contributed by atoms with Gasteiger partial charge in [0.15, 0.2) is 0 Å². The molecule has 0 saturated carbocycles. The summed E-state index contributed by atoms with van der Waals surface area (Å²) >= 11 is 0. The van der Waals surface area contributed by atoms with Crippen LogP contribution in [0.2, 0.25) is 0 Å². The molecule has 1 unspecified atom stereocenters. The van der Waals surface area contributed by atoms with Crippen LogP contribution in [0.4, 0.5) is 0 Å². The molecule has 1 atom stereocenters. The zero-order valence-electron chi connectivity index (χ0n) is 10.8. The van der Waals surface area contributed by atoms with Crippen LogP contribution in [0.25, 0.3) is 5.57 Å².